The number of amides is 1. The third-order valence-electron chi connectivity index (χ3n) is 0.738. The van der Waals surface area contributed by atoms with Crippen molar-refractivity contribution in [3.8, 4) is 0 Å². The molecule has 54 valence electrons. The van der Waals surface area contributed by atoms with Gasteiger partial charge in [-0.25, -0.2) is 4.79 Å². The minimum absolute atomic E-state index is 0.442. The van der Waals surface area contributed by atoms with Crippen LogP contribution in [0.4, 0.5) is 4.79 Å². The van der Waals surface area contributed by atoms with Crippen molar-refractivity contribution in [2.24, 2.45) is 5.92 Å². The Morgan fingerprint density at radius 1 is 1.78 bits per heavy atom. The van der Waals surface area contributed by atoms with Crippen LogP contribution < -0.4 is 5.32 Å². The Morgan fingerprint density at radius 3 is 2.67 bits per heavy atom. The van der Waals surface area contributed by atoms with Gasteiger partial charge in [0.15, 0.2) is 0 Å². The van der Waals surface area contributed by atoms with E-state index in [2.05, 4.69) is 22.4 Å². The van der Waals surface area contributed by atoms with Gasteiger partial charge in [-0.05, 0) is 5.92 Å². The van der Waals surface area contributed by atoms with Crippen molar-refractivity contribution in [3.63, 3.8) is 0 Å². The molecule has 0 fully saturated rings. The maximum absolute atomic E-state index is 10.3. The lowest BCUT2D eigenvalue weighted by atomic mass is 10.2. The molecule has 1 N–H and O–H groups in total. The van der Waals surface area contributed by atoms with Crippen LogP contribution in [-0.2, 0) is 4.18 Å². The molecule has 0 aliphatic carbocycles. The Morgan fingerprint density at radius 2 is 2.33 bits per heavy atom. The minimum atomic E-state index is -0.493. The van der Waals surface area contributed by atoms with E-state index in [1.54, 1.807) is 0 Å². The Bertz CT molecular complexity index is 95.0. The van der Waals surface area contributed by atoms with Crippen molar-refractivity contribution in [1.29, 1.82) is 0 Å². The van der Waals surface area contributed by atoms with E-state index < -0.39 is 6.09 Å². The lowest BCUT2D eigenvalue weighted by Gasteiger charge is -2.03. The summed E-state index contributed by atoms with van der Waals surface area (Å²) in [4.78, 5) is 10.3. The van der Waals surface area contributed by atoms with Crippen molar-refractivity contribution in [3.05, 3.63) is 0 Å². The summed E-state index contributed by atoms with van der Waals surface area (Å²) in [6.07, 6.45) is -0.493. The maximum atomic E-state index is 10.3. The number of carbonyl (C=O) groups excluding carboxylic acids is 1. The summed E-state index contributed by atoms with van der Waals surface area (Å²) in [5.41, 5.74) is 0. The molecule has 0 saturated heterocycles. The van der Waals surface area contributed by atoms with E-state index in [-0.39, 0.29) is 0 Å². The predicted molar refractivity (Wildman–Crippen MR) is 38.3 cm³/mol. The fourth-order valence-electron chi connectivity index (χ4n) is 0.320. The monoisotopic (exact) mass is 149 g/mol. The normalized spacial score (nSPS) is 9.33. The highest BCUT2D eigenvalue weighted by Crippen LogP contribution is 1.88. The van der Waals surface area contributed by atoms with Crippen molar-refractivity contribution in [2.75, 3.05) is 6.54 Å². The molecular formula is C5H11NO2S. The molecule has 0 saturated carbocycles. The first kappa shape index (κ1) is 8.62. The van der Waals surface area contributed by atoms with Crippen LogP contribution in [0.3, 0.4) is 0 Å². The first-order chi connectivity index (χ1) is 4.16. The first-order valence-corrected chi connectivity index (χ1v) is 3.12. The third kappa shape index (κ3) is 5.49. The lowest BCUT2D eigenvalue weighted by Crippen LogP contribution is -2.25. The van der Waals surface area contributed by atoms with Gasteiger partial charge in [0.05, 0.1) is 0 Å². The predicted octanol–water partition coefficient (Wildman–Crippen LogP) is 1.21. The average Bonchev–Trinajstić information content (AvgIpc) is 1.83. The van der Waals surface area contributed by atoms with Gasteiger partial charge < -0.3 is 9.50 Å². The molecule has 0 aliphatic heterocycles. The fourth-order valence-corrected chi connectivity index (χ4v) is 0.384. The van der Waals surface area contributed by atoms with Crippen LogP contribution in [0.2, 0.25) is 0 Å². The van der Waals surface area contributed by atoms with Gasteiger partial charge in [-0.15, -0.1) is 0 Å². The lowest BCUT2D eigenvalue weighted by molar-refractivity contribution is 0.208. The van der Waals surface area contributed by atoms with Gasteiger partial charge >= 0.3 is 6.09 Å². The van der Waals surface area contributed by atoms with Gasteiger partial charge in [0.1, 0.15) is 0 Å². The fraction of sp³-hybridized carbons (Fsp3) is 0.800. The molecule has 0 bridgehead atoms. The van der Waals surface area contributed by atoms with Gasteiger partial charge in [-0.2, -0.15) is 0 Å². The quantitative estimate of drug-likeness (QED) is 0.457. The molecule has 0 aromatic rings. The van der Waals surface area contributed by atoms with Gasteiger partial charge in [-0.3, -0.25) is 0 Å². The second kappa shape index (κ2) is 4.49. The number of rotatable bonds is 2. The van der Waals surface area contributed by atoms with Crippen LogP contribution in [0.15, 0.2) is 0 Å². The Hall–Kier alpha value is -0.380. The molecule has 0 spiro atoms. The summed E-state index contributed by atoms with van der Waals surface area (Å²) in [5.74, 6) is 0.442. The van der Waals surface area contributed by atoms with Crippen LogP contribution in [0, 0.1) is 5.92 Å². The molecule has 0 aliphatic rings. The summed E-state index contributed by atoms with van der Waals surface area (Å²) >= 11 is 3.31. The van der Waals surface area contributed by atoms with Crippen molar-refractivity contribution in [2.45, 2.75) is 13.8 Å². The molecule has 0 aromatic heterocycles. The van der Waals surface area contributed by atoms with E-state index in [1.807, 2.05) is 13.8 Å². The maximum Gasteiger partial charge on any atom is 0.419 e. The number of hydrogen-bond donors (Lipinski definition) is 2. The standard InChI is InChI=1S/C5H11NO2S/c1-4(2)3-6-5(7)8-9/h4,9H,3H2,1-2H3,(H,6,7). The summed E-state index contributed by atoms with van der Waals surface area (Å²) in [6.45, 7) is 4.62. The van der Waals surface area contributed by atoms with Gasteiger partial charge in [0, 0.05) is 19.5 Å². The SMILES string of the molecule is CC(C)CNC(=O)OS. The van der Waals surface area contributed by atoms with Crippen molar-refractivity contribution < 1.29 is 8.98 Å². The second-order valence-electron chi connectivity index (χ2n) is 2.15. The summed E-state index contributed by atoms with van der Waals surface area (Å²) in [5, 5.41) is 2.49. The third-order valence-corrected chi connectivity index (χ3v) is 0.903. The summed E-state index contributed by atoms with van der Waals surface area (Å²) in [6, 6.07) is 0. The zero-order valence-corrected chi connectivity index (χ0v) is 6.44. The van der Waals surface area contributed by atoms with Crippen LogP contribution in [0.5, 0.6) is 0 Å². The molecule has 1 amide bonds. The second-order valence-corrected chi connectivity index (χ2v) is 2.34. The van der Waals surface area contributed by atoms with Crippen LogP contribution in [0.25, 0.3) is 0 Å². The van der Waals surface area contributed by atoms with E-state index in [1.165, 1.54) is 0 Å². The van der Waals surface area contributed by atoms with Gasteiger partial charge in [-0.1, -0.05) is 13.8 Å². The smallest absolute Gasteiger partial charge is 0.378 e. The minimum Gasteiger partial charge on any atom is -0.378 e. The van der Waals surface area contributed by atoms with Crippen LogP contribution >= 0.6 is 12.9 Å². The highest BCUT2D eigenvalue weighted by atomic mass is 32.1. The molecule has 4 heteroatoms. The molecular weight excluding hydrogens is 138 g/mol. The number of nitrogens with one attached hydrogen (secondary N) is 1. The van der Waals surface area contributed by atoms with E-state index in [4.69, 9.17) is 0 Å². The van der Waals surface area contributed by atoms with Gasteiger partial charge in [0.25, 0.3) is 0 Å². The number of carbonyl (C=O) groups is 1. The Labute approximate surface area is 60.4 Å². The van der Waals surface area contributed by atoms with Crippen LogP contribution in [0.1, 0.15) is 13.8 Å². The summed E-state index contributed by atoms with van der Waals surface area (Å²) < 4.78 is 4.04. The highest BCUT2D eigenvalue weighted by molar-refractivity contribution is 7.75. The topological polar surface area (TPSA) is 38.3 Å². The van der Waals surface area contributed by atoms with E-state index in [0.29, 0.717) is 12.5 Å². The first-order valence-electron chi connectivity index (χ1n) is 2.76. The zero-order chi connectivity index (χ0) is 7.28. The average molecular weight is 149 g/mol. The molecule has 0 radical (unpaired) electrons. The molecule has 3 nitrogen and oxygen atoms in total. The van der Waals surface area contributed by atoms with E-state index >= 15 is 0 Å². The molecule has 0 rings (SSSR count). The molecule has 9 heavy (non-hydrogen) atoms. The summed E-state index contributed by atoms with van der Waals surface area (Å²) in [7, 11) is 0. The highest BCUT2D eigenvalue weighted by Gasteiger charge is 1.98. The molecule has 0 heterocycles. The Kier molecular flexibility index (Phi) is 4.30. The zero-order valence-electron chi connectivity index (χ0n) is 5.55. The molecule has 0 unspecified atom stereocenters. The van der Waals surface area contributed by atoms with Crippen LogP contribution in [-0.4, -0.2) is 12.6 Å². The van der Waals surface area contributed by atoms with E-state index in [9.17, 15) is 4.79 Å². The van der Waals surface area contributed by atoms with Crippen molar-refractivity contribution in [1.82, 2.24) is 5.32 Å². The largest absolute Gasteiger partial charge is 0.419 e. The Balaban J connectivity index is 3.17. The van der Waals surface area contributed by atoms with Crippen molar-refractivity contribution >= 4 is 19.0 Å². The number of hydrogen-bond acceptors (Lipinski definition) is 3. The molecule has 0 atom stereocenters. The molecule has 0 aromatic carbocycles. The van der Waals surface area contributed by atoms with E-state index in [0.717, 1.165) is 0 Å². The van der Waals surface area contributed by atoms with Gasteiger partial charge in [0.2, 0.25) is 0 Å². The number of thiol groups is 1.